The Balaban J connectivity index is 1.25. The fourth-order valence-electron chi connectivity index (χ4n) is 11.3. The van der Waals surface area contributed by atoms with Gasteiger partial charge in [0.15, 0.2) is 0 Å². The van der Waals surface area contributed by atoms with Crippen LogP contribution in [0.1, 0.15) is 159 Å². The van der Waals surface area contributed by atoms with Gasteiger partial charge in [-0.1, -0.05) is 237 Å². The van der Waals surface area contributed by atoms with Gasteiger partial charge in [0, 0.05) is 10.8 Å². The smallest absolute Gasteiger partial charge is 0.0296 e. The second kappa shape index (κ2) is 19.5. The summed E-state index contributed by atoms with van der Waals surface area (Å²) < 4.78 is 0. The van der Waals surface area contributed by atoms with Gasteiger partial charge in [0.05, 0.1) is 0 Å². The topological polar surface area (TPSA) is 0 Å². The summed E-state index contributed by atoms with van der Waals surface area (Å²) in [7, 11) is 0. The normalized spacial score (nSPS) is 13.9. The molecule has 0 radical (unpaired) electrons. The van der Waals surface area contributed by atoms with E-state index in [1.807, 2.05) is 12.2 Å². The molecule has 0 amide bonds. The Morgan fingerprint density at radius 3 is 1.16 bits per heavy atom. The van der Waals surface area contributed by atoms with Crippen molar-refractivity contribution in [2.24, 2.45) is 0 Å². The third-order valence-electron chi connectivity index (χ3n) is 14.7. The molecule has 6 aromatic rings. The first-order valence-corrected chi connectivity index (χ1v) is 24.3. The van der Waals surface area contributed by atoms with Crippen LogP contribution in [-0.4, -0.2) is 0 Å². The van der Waals surface area contributed by atoms with Gasteiger partial charge in [-0.15, -0.1) is 0 Å². The molecule has 0 saturated carbocycles. The van der Waals surface area contributed by atoms with E-state index in [1.54, 1.807) is 11.1 Å². The van der Waals surface area contributed by atoms with Crippen molar-refractivity contribution >= 4 is 12.2 Å². The molecular formula is C62H70. The van der Waals surface area contributed by atoms with Gasteiger partial charge in [-0.05, 0) is 130 Å². The first-order valence-electron chi connectivity index (χ1n) is 24.3. The van der Waals surface area contributed by atoms with E-state index in [4.69, 9.17) is 0 Å². The van der Waals surface area contributed by atoms with Crippen LogP contribution in [0, 0.1) is 13.8 Å². The molecule has 8 rings (SSSR count). The van der Waals surface area contributed by atoms with Gasteiger partial charge >= 0.3 is 0 Å². The summed E-state index contributed by atoms with van der Waals surface area (Å²) in [5.41, 5.74) is 21.9. The summed E-state index contributed by atoms with van der Waals surface area (Å²) in [5.74, 6) is 0. The molecule has 2 aliphatic carbocycles. The molecule has 0 nitrogen and oxygen atoms in total. The van der Waals surface area contributed by atoms with Gasteiger partial charge in [0.2, 0.25) is 0 Å². The molecule has 6 aromatic carbocycles. The zero-order valence-electron chi connectivity index (χ0n) is 38.4. The molecule has 0 heteroatoms. The van der Waals surface area contributed by atoms with Crippen LogP contribution >= 0.6 is 0 Å². The van der Waals surface area contributed by atoms with Crippen LogP contribution in [-0.2, 0) is 23.7 Å². The van der Waals surface area contributed by atoms with Crippen LogP contribution in [0.4, 0.5) is 0 Å². The van der Waals surface area contributed by atoms with E-state index in [1.165, 1.54) is 157 Å². The molecule has 62 heavy (non-hydrogen) atoms. The number of aryl methyl sites for hydroxylation is 2. The number of fused-ring (bicyclic) bond motifs is 6. The van der Waals surface area contributed by atoms with Crippen LogP contribution in [0.3, 0.4) is 0 Å². The highest BCUT2D eigenvalue weighted by Gasteiger charge is 2.45. The molecule has 0 saturated heterocycles. The lowest BCUT2D eigenvalue weighted by molar-refractivity contribution is 0.398. The van der Waals surface area contributed by atoms with E-state index >= 15 is 0 Å². The Morgan fingerprint density at radius 1 is 0.387 bits per heavy atom. The van der Waals surface area contributed by atoms with Crippen molar-refractivity contribution in [3.63, 3.8) is 0 Å². The minimum atomic E-state index is -0.248. The predicted molar refractivity (Wildman–Crippen MR) is 270 cm³/mol. The average molecular weight is 815 g/mol. The summed E-state index contributed by atoms with van der Waals surface area (Å²) in [6.07, 6.45) is 24.2. The lowest BCUT2D eigenvalue weighted by atomic mass is 9.68. The van der Waals surface area contributed by atoms with Gasteiger partial charge in [0.25, 0.3) is 0 Å². The average Bonchev–Trinajstić information content (AvgIpc) is 3.70. The molecule has 2 aliphatic rings. The van der Waals surface area contributed by atoms with Crippen molar-refractivity contribution in [2.75, 3.05) is 0 Å². The monoisotopic (exact) mass is 815 g/mol. The SMILES string of the molecule is C=Cc1ccc(CC2(Cc3ccc(C=C)cc3)c3cc(C)ccc3-c3ccc(-c4ccc5c(c4)C(CCCCCCCC)(CCCCCCCC)c4cc(C)ccc4-5)cc32)cc1. The minimum absolute atomic E-state index is 0.0473. The van der Waals surface area contributed by atoms with Crippen molar-refractivity contribution in [2.45, 2.75) is 141 Å². The quantitative estimate of drug-likeness (QED) is 0.0635. The Hall–Kier alpha value is -5.20. The highest BCUT2D eigenvalue weighted by molar-refractivity contribution is 5.87. The minimum Gasteiger partial charge on any atom is -0.0985 e. The lowest BCUT2D eigenvalue weighted by Gasteiger charge is -2.34. The lowest BCUT2D eigenvalue weighted by Crippen LogP contribution is -2.31. The molecule has 0 spiro atoms. The zero-order chi connectivity index (χ0) is 43.1. The Morgan fingerprint density at radius 2 is 0.742 bits per heavy atom. The summed E-state index contributed by atoms with van der Waals surface area (Å²) in [4.78, 5) is 0. The molecule has 0 fully saturated rings. The molecular weight excluding hydrogens is 745 g/mol. The fourth-order valence-corrected chi connectivity index (χ4v) is 11.3. The molecule has 0 aliphatic heterocycles. The van der Waals surface area contributed by atoms with Gasteiger partial charge in [0.1, 0.15) is 0 Å². The summed E-state index contributed by atoms with van der Waals surface area (Å²) in [6.45, 7) is 17.3. The third-order valence-corrected chi connectivity index (χ3v) is 14.7. The molecule has 318 valence electrons. The Bertz CT molecular complexity index is 2420. The van der Waals surface area contributed by atoms with E-state index in [9.17, 15) is 0 Å². The van der Waals surface area contributed by atoms with Crippen molar-refractivity contribution in [3.05, 3.63) is 190 Å². The van der Waals surface area contributed by atoms with E-state index in [0.29, 0.717) is 0 Å². The first kappa shape index (κ1) is 43.4. The second-order valence-electron chi connectivity index (χ2n) is 19.1. The zero-order valence-corrected chi connectivity index (χ0v) is 38.4. The number of rotatable bonds is 21. The summed E-state index contributed by atoms with van der Waals surface area (Å²) in [6, 6.07) is 47.8. The number of unbranched alkanes of at least 4 members (excludes halogenated alkanes) is 10. The van der Waals surface area contributed by atoms with Crippen LogP contribution in [0.25, 0.3) is 45.5 Å². The maximum Gasteiger partial charge on any atom is 0.0296 e. The van der Waals surface area contributed by atoms with Crippen molar-refractivity contribution < 1.29 is 0 Å². The summed E-state index contributed by atoms with van der Waals surface area (Å²) in [5, 5.41) is 0. The van der Waals surface area contributed by atoms with E-state index in [-0.39, 0.29) is 10.8 Å². The van der Waals surface area contributed by atoms with E-state index < -0.39 is 0 Å². The number of benzene rings is 6. The maximum atomic E-state index is 4.05. The van der Waals surface area contributed by atoms with Gasteiger partial charge in [-0.3, -0.25) is 0 Å². The van der Waals surface area contributed by atoms with Crippen LogP contribution in [0.15, 0.2) is 134 Å². The Labute approximate surface area is 375 Å². The van der Waals surface area contributed by atoms with Crippen LogP contribution < -0.4 is 0 Å². The summed E-state index contributed by atoms with van der Waals surface area (Å²) >= 11 is 0. The van der Waals surface area contributed by atoms with E-state index in [2.05, 4.69) is 162 Å². The van der Waals surface area contributed by atoms with Crippen LogP contribution in [0.2, 0.25) is 0 Å². The largest absolute Gasteiger partial charge is 0.0985 e. The van der Waals surface area contributed by atoms with Gasteiger partial charge in [-0.2, -0.15) is 0 Å². The van der Waals surface area contributed by atoms with Gasteiger partial charge in [-0.25, -0.2) is 0 Å². The molecule has 0 bridgehead atoms. The first-order chi connectivity index (χ1) is 30.3. The highest BCUT2D eigenvalue weighted by Crippen LogP contribution is 2.57. The molecule has 0 unspecified atom stereocenters. The van der Waals surface area contributed by atoms with Crippen molar-refractivity contribution in [1.29, 1.82) is 0 Å². The highest BCUT2D eigenvalue weighted by atomic mass is 14.5. The molecule has 0 heterocycles. The van der Waals surface area contributed by atoms with Crippen molar-refractivity contribution in [3.8, 4) is 33.4 Å². The van der Waals surface area contributed by atoms with Crippen LogP contribution in [0.5, 0.6) is 0 Å². The second-order valence-corrected chi connectivity index (χ2v) is 19.1. The number of hydrogen-bond acceptors (Lipinski definition) is 0. The molecule has 0 aromatic heterocycles. The predicted octanol–water partition coefficient (Wildman–Crippen LogP) is 17.8. The van der Waals surface area contributed by atoms with Gasteiger partial charge < -0.3 is 0 Å². The van der Waals surface area contributed by atoms with Crippen molar-refractivity contribution in [1.82, 2.24) is 0 Å². The number of hydrogen-bond donors (Lipinski definition) is 0. The molecule has 0 atom stereocenters. The fraction of sp³-hybridized carbons (Fsp3) is 0.355. The van der Waals surface area contributed by atoms with E-state index in [0.717, 1.165) is 24.0 Å². The third kappa shape index (κ3) is 8.73. The molecule has 0 N–H and O–H groups in total. The standard InChI is InChI=1S/C62H70/c1-7-11-13-15-17-19-37-61(38-20-18-16-14-12-8-2)57-39-45(5)21-33-53(57)55-35-31-51(41-59(55)61)52-32-36-56-54-34-22-46(6)40-58(54)62(60(56)42-52,43-49-27-23-47(9-3)24-28-49)44-50-29-25-48(10-4)26-30-50/h9-10,21-36,39-42H,3-4,7-8,11-20,37-38,43-44H2,1-2,5-6H3. The Kier molecular flexibility index (Phi) is 13.6. The maximum absolute atomic E-state index is 4.05.